The van der Waals surface area contributed by atoms with Gasteiger partial charge in [-0.3, -0.25) is 0 Å². The SMILES string of the molecule is [C-]#[N+]c1cc(-n2c3ccc(N(c4ccccc4)c4ccccc4)cc3c3ccc4oc5ccccc5c4c32)c(C#N)cc1-n1c2ccccc2c2c3ccccc3ccc21. The minimum absolute atomic E-state index is 0.440. The van der Waals surface area contributed by atoms with Gasteiger partial charge in [-0.2, -0.15) is 5.26 Å². The van der Waals surface area contributed by atoms with E-state index in [9.17, 15) is 5.26 Å². The summed E-state index contributed by atoms with van der Waals surface area (Å²) in [6.45, 7) is 8.66. The van der Waals surface area contributed by atoms with E-state index in [-0.39, 0.29) is 0 Å². The second-order valence-corrected chi connectivity index (χ2v) is 15.1. The molecule has 9 aromatic carbocycles. The quantitative estimate of drug-likeness (QED) is 0.164. The van der Waals surface area contributed by atoms with Gasteiger partial charge < -0.3 is 18.5 Å². The van der Waals surface area contributed by atoms with E-state index in [1.165, 1.54) is 0 Å². The number of rotatable bonds is 5. The van der Waals surface area contributed by atoms with Gasteiger partial charge in [0.15, 0.2) is 0 Å². The second-order valence-electron chi connectivity index (χ2n) is 15.1. The van der Waals surface area contributed by atoms with Crippen molar-refractivity contribution >= 4 is 99.1 Å². The number of anilines is 3. The molecule has 0 aliphatic heterocycles. The zero-order valence-electron chi connectivity index (χ0n) is 32.0. The maximum absolute atomic E-state index is 11.2. The zero-order chi connectivity index (χ0) is 39.9. The molecule has 60 heavy (non-hydrogen) atoms. The van der Waals surface area contributed by atoms with Crippen molar-refractivity contribution in [3.8, 4) is 17.4 Å². The lowest BCUT2D eigenvalue weighted by atomic mass is 10.0. The van der Waals surface area contributed by atoms with Gasteiger partial charge in [0.2, 0.25) is 5.69 Å². The second kappa shape index (κ2) is 13.0. The molecular weight excluding hydrogens is 735 g/mol. The van der Waals surface area contributed by atoms with Gasteiger partial charge in [0.25, 0.3) is 0 Å². The van der Waals surface area contributed by atoms with Crippen molar-refractivity contribution in [2.45, 2.75) is 0 Å². The van der Waals surface area contributed by atoms with E-state index in [1.54, 1.807) is 0 Å². The first-order valence-corrected chi connectivity index (χ1v) is 19.9. The van der Waals surface area contributed by atoms with Crippen LogP contribution in [0.25, 0.3) is 92.5 Å². The van der Waals surface area contributed by atoms with Gasteiger partial charge in [0.05, 0.1) is 51.0 Å². The van der Waals surface area contributed by atoms with Crippen LogP contribution in [0.15, 0.2) is 192 Å². The van der Waals surface area contributed by atoms with Gasteiger partial charge in [-0.15, -0.1) is 0 Å². The van der Waals surface area contributed by atoms with Gasteiger partial charge in [-0.05, 0) is 95.7 Å². The fourth-order valence-electron chi connectivity index (χ4n) is 9.40. The molecule has 0 unspecified atom stereocenters. The van der Waals surface area contributed by atoms with Gasteiger partial charge in [0.1, 0.15) is 17.2 Å². The smallest absolute Gasteiger partial charge is 0.212 e. The Labute approximate surface area is 344 Å². The number of hydrogen-bond acceptors (Lipinski definition) is 3. The molecule has 0 radical (unpaired) electrons. The van der Waals surface area contributed by atoms with Crippen LogP contribution in [0.5, 0.6) is 0 Å². The van der Waals surface area contributed by atoms with E-state index >= 15 is 0 Å². The average Bonchev–Trinajstić information content (AvgIpc) is 3.97. The molecule has 6 nitrogen and oxygen atoms in total. The molecule has 12 rings (SSSR count). The predicted molar refractivity (Wildman–Crippen MR) is 246 cm³/mol. The summed E-state index contributed by atoms with van der Waals surface area (Å²) in [5.41, 5.74) is 10.6. The topological polar surface area (TPSA) is 54.4 Å². The van der Waals surface area contributed by atoms with Crippen LogP contribution in [-0.4, -0.2) is 9.13 Å². The Kier molecular flexibility index (Phi) is 7.26. The molecular formula is C54H31N5O. The Bertz CT molecular complexity index is 3760. The highest BCUT2D eigenvalue weighted by Crippen LogP contribution is 2.46. The van der Waals surface area contributed by atoms with Crippen LogP contribution in [0, 0.1) is 17.9 Å². The Morgan fingerprint density at radius 1 is 0.483 bits per heavy atom. The van der Waals surface area contributed by atoms with E-state index in [0.717, 1.165) is 93.4 Å². The van der Waals surface area contributed by atoms with Crippen LogP contribution in [0.4, 0.5) is 22.7 Å². The largest absolute Gasteiger partial charge is 0.456 e. The lowest BCUT2D eigenvalue weighted by Gasteiger charge is -2.25. The van der Waals surface area contributed by atoms with Crippen LogP contribution in [0.3, 0.4) is 0 Å². The monoisotopic (exact) mass is 765 g/mol. The highest BCUT2D eigenvalue weighted by Gasteiger charge is 2.25. The Balaban J connectivity index is 1.17. The standard InChI is InChI=1S/C54H31N5O/c1-56-44-32-48(35(33-55)30-49(44)58-45-22-12-10-20-41(45)52-39-19-9-8-14-34(39)24-27-47(52)58)59-46-28-25-38(57(36-15-4-2-5-16-36)37-17-6-3-7-18-37)31-43(46)40-26-29-51-53(54(40)59)42-21-11-13-23-50(42)60-51/h2-32H. The van der Waals surface area contributed by atoms with Crippen molar-refractivity contribution in [1.82, 2.24) is 9.13 Å². The highest BCUT2D eigenvalue weighted by molar-refractivity contribution is 6.25. The molecule has 3 heterocycles. The van der Waals surface area contributed by atoms with Crippen molar-refractivity contribution < 1.29 is 4.42 Å². The number of nitriles is 1. The van der Waals surface area contributed by atoms with Crippen molar-refractivity contribution in [2.75, 3.05) is 4.90 Å². The van der Waals surface area contributed by atoms with Gasteiger partial charge in [0, 0.05) is 44.0 Å². The Morgan fingerprint density at radius 3 is 1.92 bits per heavy atom. The van der Waals surface area contributed by atoms with Crippen molar-refractivity contribution in [2.24, 2.45) is 0 Å². The summed E-state index contributed by atoms with van der Waals surface area (Å²) in [5, 5.41) is 19.6. The molecule has 3 aromatic heterocycles. The zero-order valence-corrected chi connectivity index (χ0v) is 32.0. The summed E-state index contributed by atoms with van der Waals surface area (Å²) in [7, 11) is 0. The molecule has 0 saturated heterocycles. The predicted octanol–water partition coefficient (Wildman–Crippen LogP) is 14.8. The van der Waals surface area contributed by atoms with E-state index in [2.05, 4.69) is 158 Å². The molecule has 278 valence electrons. The summed E-state index contributed by atoms with van der Waals surface area (Å²) in [4.78, 5) is 6.46. The Hall–Kier alpha value is -8.58. The maximum atomic E-state index is 11.2. The summed E-state index contributed by atoms with van der Waals surface area (Å²) >= 11 is 0. The molecule has 0 bridgehead atoms. The average molecular weight is 766 g/mol. The minimum Gasteiger partial charge on any atom is -0.456 e. The van der Waals surface area contributed by atoms with E-state index in [0.29, 0.717) is 22.6 Å². The van der Waals surface area contributed by atoms with Gasteiger partial charge in [-0.1, -0.05) is 103 Å². The van der Waals surface area contributed by atoms with E-state index < -0.39 is 0 Å². The van der Waals surface area contributed by atoms with Crippen LogP contribution in [0.1, 0.15) is 5.56 Å². The normalized spacial score (nSPS) is 11.6. The molecule has 0 fully saturated rings. The van der Waals surface area contributed by atoms with Crippen LogP contribution >= 0.6 is 0 Å². The number of fused-ring (bicyclic) bond motifs is 12. The number of benzene rings is 9. The highest BCUT2D eigenvalue weighted by atomic mass is 16.3. The number of nitrogens with zero attached hydrogens (tertiary/aromatic N) is 5. The molecule has 0 N–H and O–H groups in total. The third kappa shape index (κ3) is 4.80. The lowest BCUT2D eigenvalue weighted by Crippen LogP contribution is -2.09. The van der Waals surface area contributed by atoms with Crippen molar-refractivity contribution in [3.05, 3.63) is 205 Å². The summed E-state index contributed by atoms with van der Waals surface area (Å²) in [6.07, 6.45) is 0. The molecule has 0 aliphatic rings. The van der Waals surface area contributed by atoms with E-state index in [1.807, 2.05) is 54.6 Å². The van der Waals surface area contributed by atoms with Gasteiger partial charge in [-0.25, -0.2) is 4.85 Å². The number of para-hydroxylation sites is 4. The molecule has 0 aliphatic carbocycles. The molecule has 6 heteroatoms. The number of furan rings is 1. The maximum Gasteiger partial charge on any atom is 0.212 e. The fourth-order valence-corrected chi connectivity index (χ4v) is 9.40. The molecule has 0 spiro atoms. The first-order valence-electron chi connectivity index (χ1n) is 19.9. The van der Waals surface area contributed by atoms with Crippen molar-refractivity contribution in [1.29, 1.82) is 5.26 Å². The van der Waals surface area contributed by atoms with Crippen LogP contribution < -0.4 is 4.90 Å². The molecule has 0 atom stereocenters. The summed E-state index contributed by atoms with van der Waals surface area (Å²) in [6, 6.07) is 66.9. The van der Waals surface area contributed by atoms with Crippen molar-refractivity contribution in [3.63, 3.8) is 0 Å². The molecule has 0 amide bonds. The lowest BCUT2D eigenvalue weighted by molar-refractivity contribution is 0.669. The fraction of sp³-hybridized carbons (Fsp3) is 0. The molecule has 0 saturated carbocycles. The summed E-state index contributed by atoms with van der Waals surface area (Å²) in [5.74, 6) is 0. The first kappa shape index (κ1) is 33.5. The third-order valence-corrected chi connectivity index (χ3v) is 11.9. The van der Waals surface area contributed by atoms with Gasteiger partial charge >= 0.3 is 0 Å². The Morgan fingerprint density at radius 2 is 1.15 bits per heavy atom. The summed E-state index contributed by atoms with van der Waals surface area (Å²) < 4.78 is 10.8. The third-order valence-electron chi connectivity index (χ3n) is 11.9. The number of hydrogen-bond donors (Lipinski definition) is 0. The first-order chi connectivity index (χ1) is 29.7. The number of aromatic nitrogens is 2. The van der Waals surface area contributed by atoms with E-state index in [4.69, 9.17) is 11.0 Å². The minimum atomic E-state index is 0.440. The van der Waals surface area contributed by atoms with Crippen LogP contribution in [0.2, 0.25) is 0 Å². The van der Waals surface area contributed by atoms with Crippen LogP contribution in [-0.2, 0) is 0 Å². The molecule has 12 aromatic rings.